The van der Waals surface area contributed by atoms with Crippen LogP contribution in [0.3, 0.4) is 0 Å². The number of amides is 2. The predicted octanol–water partition coefficient (Wildman–Crippen LogP) is 4.06. The molecule has 1 aliphatic rings. The van der Waals surface area contributed by atoms with E-state index in [1.165, 1.54) is 0 Å². The zero-order valence-corrected chi connectivity index (χ0v) is 19.7. The number of carbonyl (C=O) groups excluding carboxylic acids is 2. The summed E-state index contributed by atoms with van der Waals surface area (Å²) in [6, 6.07) is 14.0. The van der Waals surface area contributed by atoms with Gasteiger partial charge in [0, 0.05) is 17.1 Å². The Labute approximate surface area is 195 Å². The van der Waals surface area contributed by atoms with Crippen LogP contribution in [0, 0.1) is 5.92 Å². The molecule has 1 aliphatic heterocycles. The molecule has 1 fully saturated rings. The third kappa shape index (κ3) is 6.02. The summed E-state index contributed by atoms with van der Waals surface area (Å²) in [5.41, 5.74) is 1.50. The molecular weight excluding hydrogens is 426 g/mol. The molecule has 1 saturated heterocycles. The minimum absolute atomic E-state index is 0.000233. The number of likely N-dealkylation sites (tertiary alicyclic amines) is 1. The number of halogens is 1. The van der Waals surface area contributed by atoms with Crippen molar-refractivity contribution in [2.75, 3.05) is 26.7 Å². The van der Waals surface area contributed by atoms with E-state index in [2.05, 4.69) is 15.5 Å². The van der Waals surface area contributed by atoms with Gasteiger partial charge in [-0.1, -0.05) is 43.6 Å². The Morgan fingerprint density at radius 2 is 1.72 bits per heavy atom. The standard InChI is InChI=1S/C25H32ClN3O3/c1-17(2)23(28-24(30)18-10-12-19(32-3)13-11-18)25(31)27-16-22(29-14-6-7-15-29)20-8-4-5-9-21(20)26/h4-5,8-13,17,22-23H,6-7,14-16H2,1-3H3,(H,27,31)(H,28,30)/t22-,23-/m0/s1. The maximum Gasteiger partial charge on any atom is 0.251 e. The van der Waals surface area contributed by atoms with Gasteiger partial charge in [0.25, 0.3) is 5.91 Å². The highest BCUT2D eigenvalue weighted by atomic mass is 35.5. The maximum absolute atomic E-state index is 13.1. The van der Waals surface area contributed by atoms with Gasteiger partial charge < -0.3 is 15.4 Å². The second-order valence-corrected chi connectivity index (χ2v) is 8.86. The Kier molecular flexibility index (Phi) is 8.53. The van der Waals surface area contributed by atoms with Crippen molar-refractivity contribution in [3.63, 3.8) is 0 Å². The quantitative estimate of drug-likeness (QED) is 0.595. The number of nitrogens with zero attached hydrogens (tertiary/aromatic N) is 1. The van der Waals surface area contributed by atoms with Crippen molar-refractivity contribution < 1.29 is 14.3 Å². The molecule has 3 rings (SSSR count). The van der Waals surface area contributed by atoms with Crippen LogP contribution in [0.1, 0.15) is 48.7 Å². The van der Waals surface area contributed by atoms with Gasteiger partial charge in [-0.3, -0.25) is 14.5 Å². The smallest absolute Gasteiger partial charge is 0.251 e. The van der Waals surface area contributed by atoms with E-state index in [-0.39, 0.29) is 23.8 Å². The largest absolute Gasteiger partial charge is 0.497 e. The summed E-state index contributed by atoms with van der Waals surface area (Å²) >= 11 is 6.48. The first kappa shape index (κ1) is 24.1. The lowest BCUT2D eigenvalue weighted by atomic mass is 10.0. The monoisotopic (exact) mass is 457 g/mol. The Bertz CT molecular complexity index is 911. The first-order valence-electron chi connectivity index (χ1n) is 11.1. The average molecular weight is 458 g/mol. The molecule has 2 aromatic carbocycles. The summed E-state index contributed by atoms with van der Waals surface area (Å²) in [4.78, 5) is 28.2. The van der Waals surface area contributed by atoms with E-state index in [4.69, 9.17) is 16.3 Å². The Hall–Kier alpha value is -2.57. The highest BCUT2D eigenvalue weighted by Gasteiger charge is 2.29. The zero-order chi connectivity index (χ0) is 23.1. The molecule has 172 valence electrons. The second kappa shape index (κ2) is 11.3. The van der Waals surface area contributed by atoms with Gasteiger partial charge in [0.05, 0.1) is 13.2 Å². The van der Waals surface area contributed by atoms with Crippen molar-refractivity contribution in [3.8, 4) is 5.75 Å². The maximum atomic E-state index is 13.1. The molecule has 7 heteroatoms. The van der Waals surface area contributed by atoms with E-state index >= 15 is 0 Å². The number of hydrogen-bond acceptors (Lipinski definition) is 4. The minimum Gasteiger partial charge on any atom is -0.497 e. The van der Waals surface area contributed by atoms with Crippen molar-refractivity contribution in [2.24, 2.45) is 5.92 Å². The molecule has 1 heterocycles. The van der Waals surface area contributed by atoms with Crippen LogP contribution in [0.2, 0.25) is 5.02 Å². The van der Waals surface area contributed by atoms with Crippen molar-refractivity contribution in [1.29, 1.82) is 0 Å². The van der Waals surface area contributed by atoms with E-state index in [1.54, 1.807) is 31.4 Å². The number of rotatable bonds is 9. The van der Waals surface area contributed by atoms with Gasteiger partial charge in [0.1, 0.15) is 11.8 Å². The SMILES string of the molecule is COc1ccc(C(=O)N[C@H](C(=O)NC[C@@H](c2ccccc2Cl)N2CCCC2)C(C)C)cc1. The third-order valence-corrected chi connectivity index (χ3v) is 6.25. The number of ether oxygens (including phenoxy) is 1. The number of carbonyl (C=O) groups is 2. The molecule has 0 spiro atoms. The average Bonchev–Trinajstić information content (AvgIpc) is 3.33. The van der Waals surface area contributed by atoms with Crippen LogP contribution in [0.5, 0.6) is 5.75 Å². The van der Waals surface area contributed by atoms with E-state index in [0.717, 1.165) is 31.5 Å². The number of nitrogens with one attached hydrogen (secondary N) is 2. The molecule has 0 unspecified atom stereocenters. The van der Waals surface area contributed by atoms with Crippen LogP contribution >= 0.6 is 11.6 Å². The third-order valence-electron chi connectivity index (χ3n) is 5.90. The van der Waals surface area contributed by atoms with Gasteiger partial charge in [-0.2, -0.15) is 0 Å². The molecule has 2 aromatic rings. The highest BCUT2D eigenvalue weighted by molar-refractivity contribution is 6.31. The fourth-order valence-electron chi connectivity index (χ4n) is 4.04. The minimum atomic E-state index is -0.643. The molecule has 32 heavy (non-hydrogen) atoms. The topological polar surface area (TPSA) is 70.7 Å². The molecule has 2 amide bonds. The van der Waals surface area contributed by atoms with Gasteiger partial charge >= 0.3 is 0 Å². The van der Waals surface area contributed by atoms with E-state index in [9.17, 15) is 9.59 Å². The van der Waals surface area contributed by atoms with Gasteiger partial charge in [-0.25, -0.2) is 0 Å². The summed E-state index contributed by atoms with van der Waals surface area (Å²) in [7, 11) is 1.58. The zero-order valence-electron chi connectivity index (χ0n) is 18.9. The van der Waals surface area contributed by atoms with Crippen LogP contribution in [-0.2, 0) is 4.79 Å². The van der Waals surface area contributed by atoms with Crippen LogP contribution in [0.15, 0.2) is 48.5 Å². The number of hydrogen-bond donors (Lipinski definition) is 2. The summed E-state index contributed by atoms with van der Waals surface area (Å²) < 4.78 is 5.14. The molecule has 2 N–H and O–H groups in total. The van der Waals surface area contributed by atoms with Crippen molar-refractivity contribution in [3.05, 3.63) is 64.7 Å². The fraction of sp³-hybridized carbons (Fsp3) is 0.440. The molecule has 6 nitrogen and oxygen atoms in total. The Balaban J connectivity index is 1.68. The van der Waals surface area contributed by atoms with Crippen LogP contribution in [0.25, 0.3) is 0 Å². The van der Waals surface area contributed by atoms with E-state index in [0.29, 0.717) is 22.9 Å². The summed E-state index contributed by atoms with van der Waals surface area (Å²) in [5, 5.41) is 6.65. The fourth-order valence-corrected chi connectivity index (χ4v) is 4.31. The lowest BCUT2D eigenvalue weighted by molar-refractivity contribution is -0.124. The molecule has 0 bridgehead atoms. The van der Waals surface area contributed by atoms with Crippen molar-refractivity contribution in [1.82, 2.24) is 15.5 Å². The van der Waals surface area contributed by atoms with Gasteiger partial charge in [-0.05, 0) is 67.7 Å². The van der Waals surface area contributed by atoms with E-state index < -0.39 is 6.04 Å². The Morgan fingerprint density at radius 1 is 1.06 bits per heavy atom. The predicted molar refractivity (Wildman–Crippen MR) is 127 cm³/mol. The van der Waals surface area contributed by atoms with Crippen molar-refractivity contribution >= 4 is 23.4 Å². The lowest BCUT2D eigenvalue weighted by Gasteiger charge is -2.30. The van der Waals surface area contributed by atoms with Gasteiger partial charge in [0.2, 0.25) is 5.91 Å². The molecular formula is C25H32ClN3O3. The number of benzene rings is 2. The van der Waals surface area contributed by atoms with Gasteiger partial charge in [-0.15, -0.1) is 0 Å². The van der Waals surface area contributed by atoms with Crippen LogP contribution in [-0.4, -0.2) is 49.5 Å². The van der Waals surface area contributed by atoms with Crippen LogP contribution in [0.4, 0.5) is 0 Å². The highest BCUT2D eigenvalue weighted by Crippen LogP contribution is 2.29. The number of methoxy groups -OCH3 is 1. The summed E-state index contributed by atoms with van der Waals surface area (Å²) in [5.74, 6) is 0.122. The first-order chi connectivity index (χ1) is 15.4. The summed E-state index contributed by atoms with van der Waals surface area (Å²) in [6.07, 6.45) is 2.28. The normalized spacial score (nSPS) is 15.9. The Morgan fingerprint density at radius 3 is 2.31 bits per heavy atom. The van der Waals surface area contributed by atoms with Gasteiger partial charge in [0.15, 0.2) is 0 Å². The molecule has 0 saturated carbocycles. The molecule has 0 aliphatic carbocycles. The second-order valence-electron chi connectivity index (χ2n) is 8.45. The molecule has 0 radical (unpaired) electrons. The molecule has 2 atom stereocenters. The first-order valence-corrected chi connectivity index (χ1v) is 11.5. The van der Waals surface area contributed by atoms with E-state index in [1.807, 2.05) is 38.1 Å². The lowest BCUT2D eigenvalue weighted by Crippen LogP contribution is -2.51. The summed E-state index contributed by atoms with van der Waals surface area (Å²) in [6.45, 7) is 6.24. The van der Waals surface area contributed by atoms with Crippen LogP contribution < -0.4 is 15.4 Å². The molecule has 0 aromatic heterocycles. The van der Waals surface area contributed by atoms with Crippen molar-refractivity contribution in [2.45, 2.75) is 38.8 Å².